The van der Waals surface area contributed by atoms with Crippen molar-refractivity contribution in [3.63, 3.8) is 0 Å². The lowest BCUT2D eigenvalue weighted by Crippen LogP contribution is -2.28. The summed E-state index contributed by atoms with van der Waals surface area (Å²) in [6, 6.07) is 0.375. The summed E-state index contributed by atoms with van der Waals surface area (Å²) in [6.07, 6.45) is 3.35. The van der Waals surface area contributed by atoms with Crippen molar-refractivity contribution in [1.82, 2.24) is 5.32 Å². The highest BCUT2D eigenvalue weighted by molar-refractivity contribution is 5.81. The number of rotatable bonds is 2. The van der Waals surface area contributed by atoms with Crippen molar-refractivity contribution in [3.8, 4) is 0 Å². The molecular formula is C8H13NO2. The molecule has 1 saturated carbocycles. The minimum atomic E-state index is -0.124. The normalized spacial score (nSPS) is 37.4. The summed E-state index contributed by atoms with van der Waals surface area (Å²) < 4.78 is 0. The number of aliphatic hydroxyl groups excluding tert-OH is 1. The Morgan fingerprint density at radius 1 is 1.55 bits per heavy atom. The monoisotopic (exact) mass is 155 g/mol. The van der Waals surface area contributed by atoms with Crippen molar-refractivity contribution in [3.05, 3.63) is 0 Å². The molecule has 2 aliphatic rings. The molecule has 1 aliphatic heterocycles. The summed E-state index contributed by atoms with van der Waals surface area (Å²) in [6.45, 7) is 0.00898. The molecule has 11 heavy (non-hydrogen) atoms. The van der Waals surface area contributed by atoms with Crippen LogP contribution in [0.1, 0.15) is 19.3 Å². The number of carbonyl (C=O) groups is 1. The van der Waals surface area contributed by atoms with Crippen LogP contribution in [0.5, 0.6) is 0 Å². The van der Waals surface area contributed by atoms with Crippen molar-refractivity contribution >= 4 is 5.91 Å². The number of carbonyl (C=O) groups excluding carboxylic acids is 1. The molecule has 1 amide bonds. The van der Waals surface area contributed by atoms with Crippen LogP contribution in [0.3, 0.4) is 0 Å². The van der Waals surface area contributed by atoms with Crippen molar-refractivity contribution in [2.75, 3.05) is 6.61 Å². The van der Waals surface area contributed by atoms with Crippen LogP contribution in [0, 0.1) is 11.8 Å². The molecule has 62 valence electrons. The number of hydrogen-bond acceptors (Lipinski definition) is 2. The van der Waals surface area contributed by atoms with Crippen LogP contribution >= 0.6 is 0 Å². The van der Waals surface area contributed by atoms with Gasteiger partial charge in [-0.2, -0.15) is 0 Å². The lowest BCUT2D eigenvalue weighted by molar-refractivity contribution is -0.123. The molecule has 2 fully saturated rings. The van der Waals surface area contributed by atoms with Crippen LogP contribution in [0.2, 0.25) is 0 Å². The fourth-order valence-electron chi connectivity index (χ4n) is 1.74. The van der Waals surface area contributed by atoms with E-state index in [0.29, 0.717) is 6.04 Å². The number of aliphatic hydroxyl groups is 1. The number of hydrogen-bond donors (Lipinski definition) is 2. The Kier molecular flexibility index (Phi) is 1.60. The second kappa shape index (κ2) is 2.48. The SMILES string of the molecule is O=C1NC(C2CC2)CC1CO. The van der Waals surface area contributed by atoms with Gasteiger partial charge in [0.05, 0.1) is 12.5 Å². The third kappa shape index (κ3) is 1.25. The molecule has 2 rings (SSSR count). The summed E-state index contributed by atoms with van der Waals surface area (Å²) in [7, 11) is 0. The van der Waals surface area contributed by atoms with Gasteiger partial charge in [-0.05, 0) is 25.2 Å². The van der Waals surface area contributed by atoms with Gasteiger partial charge >= 0.3 is 0 Å². The van der Waals surface area contributed by atoms with E-state index in [-0.39, 0.29) is 18.4 Å². The maximum atomic E-state index is 11.1. The number of amides is 1. The van der Waals surface area contributed by atoms with Gasteiger partial charge in [0.15, 0.2) is 0 Å². The van der Waals surface area contributed by atoms with Crippen LogP contribution in [-0.2, 0) is 4.79 Å². The zero-order valence-electron chi connectivity index (χ0n) is 6.42. The van der Waals surface area contributed by atoms with Crippen LogP contribution < -0.4 is 5.32 Å². The van der Waals surface area contributed by atoms with E-state index in [9.17, 15) is 4.79 Å². The number of nitrogens with one attached hydrogen (secondary N) is 1. The van der Waals surface area contributed by atoms with Gasteiger partial charge in [0.25, 0.3) is 0 Å². The van der Waals surface area contributed by atoms with Gasteiger partial charge in [0.1, 0.15) is 0 Å². The lowest BCUT2D eigenvalue weighted by atomic mass is 10.0. The Balaban J connectivity index is 1.94. The van der Waals surface area contributed by atoms with E-state index in [2.05, 4.69) is 5.32 Å². The lowest BCUT2D eigenvalue weighted by Gasteiger charge is -2.05. The first-order valence-electron chi connectivity index (χ1n) is 4.22. The molecule has 0 aromatic carbocycles. The molecule has 2 unspecified atom stereocenters. The zero-order valence-corrected chi connectivity index (χ0v) is 6.42. The summed E-state index contributed by atoms with van der Waals surface area (Å²) in [5.41, 5.74) is 0. The third-order valence-electron chi connectivity index (χ3n) is 2.65. The van der Waals surface area contributed by atoms with E-state index < -0.39 is 0 Å². The van der Waals surface area contributed by atoms with Crippen molar-refractivity contribution in [2.24, 2.45) is 11.8 Å². The third-order valence-corrected chi connectivity index (χ3v) is 2.65. The second-order valence-electron chi connectivity index (χ2n) is 3.57. The molecule has 1 aliphatic carbocycles. The minimum Gasteiger partial charge on any atom is -0.396 e. The molecule has 3 nitrogen and oxygen atoms in total. The molecule has 0 bridgehead atoms. The van der Waals surface area contributed by atoms with E-state index >= 15 is 0 Å². The van der Waals surface area contributed by atoms with Gasteiger partial charge in [-0.25, -0.2) is 0 Å². The van der Waals surface area contributed by atoms with Gasteiger partial charge in [-0.1, -0.05) is 0 Å². The van der Waals surface area contributed by atoms with Gasteiger partial charge in [-0.15, -0.1) is 0 Å². The first kappa shape index (κ1) is 7.10. The summed E-state index contributed by atoms with van der Waals surface area (Å²) in [4.78, 5) is 11.1. The molecule has 1 heterocycles. The van der Waals surface area contributed by atoms with Crippen molar-refractivity contribution < 1.29 is 9.90 Å². The zero-order chi connectivity index (χ0) is 7.84. The predicted molar refractivity (Wildman–Crippen MR) is 39.8 cm³/mol. The Morgan fingerprint density at radius 2 is 2.27 bits per heavy atom. The molecule has 0 aromatic heterocycles. The average Bonchev–Trinajstić information content (AvgIpc) is 2.76. The Morgan fingerprint density at radius 3 is 2.73 bits per heavy atom. The molecule has 2 N–H and O–H groups in total. The van der Waals surface area contributed by atoms with E-state index in [0.717, 1.165) is 12.3 Å². The van der Waals surface area contributed by atoms with Crippen LogP contribution in [0.25, 0.3) is 0 Å². The van der Waals surface area contributed by atoms with E-state index in [1.165, 1.54) is 12.8 Å². The summed E-state index contributed by atoms with van der Waals surface area (Å²) in [5.74, 6) is 0.639. The van der Waals surface area contributed by atoms with Gasteiger partial charge in [-0.3, -0.25) is 4.79 Å². The topological polar surface area (TPSA) is 49.3 Å². The van der Waals surface area contributed by atoms with Gasteiger partial charge in [0.2, 0.25) is 5.91 Å². The van der Waals surface area contributed by atoms with Gasteiger partial charge in [0, 0.05) is 6.04 Å². The summed E-state index contributed by atoms with van der Waals surface area (Å²) >= 11 is 0. The quantitative estimate of drug-likeness (QED) is 0.584. The van der Waals surface area contributed by atoms with Crippen LogP contribution in [0.4, 0.5) is 0 Å². The Hall–Kier alpha value is -0.570. The van der Waals surface area contributed by atoms with Crippen LogP contribution in [0.15, 0.2) is 0 Å². The van der Waals surface area contributed by atoms with Crippen molar-refractivity contribution in [1.29, 1.82) is 0 Å². The summed E-state index contributed by atoms with van der Waals surface area (Å²) in [5, 5.41) is 11.7. The fourth-order valence-corrected chi connectivity index (χ4v) is 1.74. The standard InChI is InChI=1S/C8H13NO2/c10-4-6-3-7(5-1-2-5)9-8(6)11/h5-7,10H,1-4H2,(H,9,11). The molecule has 0 aromatic rings. The first-order chi connectivity index (χ1) is 5.31. The highest BCUT2D eigenvalue weighted by Crippen LogP contribution is 2.37. The molecular weight excluding hydrogens is 142 g/mol. The fraction of sp³-hybridized carbons (Fsp3) is 0.875. The maximum absolute atomic E-state index is 11.1. The van der Waals surface area contributed by atoms with E-state index in [1.54, 1.807) is 0 Å². The Bertz CT molecular complexity index is 177. The largest absolute Gasteiger partial charge is 0.396 e. The highest BCUT2D eigenvalue weighted by Gasteiger charge is 2.40. The van der Waals surface area contributed by atoms with Gasteiger partial charge < -0.3 is 10.4 Å². The first-order valence-corrected chi connectivity index (χ1v) is 4.22. The maximum Gasteiger partial charge on any atom is 0.225 e. The molecule has 2 atom stereocenters. The smallest absolute Gasteiger partial charge is 0.225 e. The van der Waals surface area contributed by atoms with Crippen molar-refractivity contribution in [2.45, 2.75) is 25.3 Å². The average molecular weight is 155 g/mol. The van der Waals surface area contributed by atoms with Crippen LogP contribution in [-0.4, -0.2) is 23.7 Å². The molecule has 0 radical (unpaired) electrons. The Labute approximate surface area is 65.8 Å². The highest BCUT2D eigenvalue weighted by atomic mass is 16.3. The van der Waals surface area contributed by atoms with E-state index in [4.69, 9.17) is 5.11 Å². The predicted octanol–water partition coefficient (Wildman–Crippen LogP) is -0.107. The molecule has 3 heteroatoms. The van der Waals surface area contributed by atoms with E-state index in [1.807, 2.05) is 0 Å². The minimum absolute atomic E-state index is 0.00898. The second-order valence-corrected chi connectivity index (χ2v) is 3.57. The molecule has 1 saturated heterocycles. The molecule has 0 spiro atoms.